The molecule has 0 bridgehead atoms. The number of halogens is 2. The standard InChI is InChI=1S/C30H33F2N5O2/c1-17(31)29(38)34-11-10-33-28-24-14-25(32)23(22-7-3-5-19-13-18-8-9-21(18)27(19)22)15-26(24)35-30(36-28)39-16-20-6-4-12-37(20)2/h3,5,7,14-15,18,20-21H,1,4,6,8-13,16H2,2H3,(H,34,38)(H,33,35,36)/t18?,20-,21?/m0/s1. The van der Waals surface area contributed by atoms with Crippen LogP contribution in [0.4, 0.5) is 14.6 Å². The van der Waals surface area contributed by atoms with Crippen LogP contribution in [0.15, 0.2) is 42.7 Å². The number of anilines is 1. The highest BCUT2D eigenvalue weighted by molar-refractivity contribution is 5.93. The third kappa shape index (κ3) is 4.95. The highest BCUT2D eigenvalue weighted by atomic mass is 19.1. The third-order valence-electron chi connectivity index (χ3n) is 8.55. The van der Waals surface area contributed by atoms with Crippen molar-refractivity contribution in [2.45, 2.75) is 44.1 Å². The Bertz CT molecular complexity index is 1440. The highest BCUT2D eigenvalue weighted by Crippen LogP contribution is 2.54. The van der Waals surface area contributed by atoms with E-state index in [1.165, 1.54) is 23.6 Å². The molecule has 9 heteroatoms. The van der Waals surface area contributed by atoms with Gasteiger partial charge in [0.2, 0.25) is 0 Å². The van der Waals surface area contributed by atoms with Crippen molar-refractivity contribution >= 4 is 22.6 Å². The summed E-state index contributed by atoms with van der Waals surface area (Å²) in [5.41, 5.74) is 4.65. The molecule has 3 aliphatic rings. The number of carbonyl (C=O) groups excluding carboxylic acids is 1. The lowest BCUT2D eigenvalue weighted by atomic mass is 9.73. The molecule has 0 radical (unpaired) electrons. The zero-order valence-electron chi connectivity index (χ0n) is 22.1. The van der Waals surface area contributed by atoms with Crippen LogP contribution >= 0.6 is 0 Å². The van der Waals surface area contributed by atoms with E-state index in [-0.39, 0.29) is 31.0 Å². The minimum atomic E-state index is -1.05. The molecule has 0 spiro atoms. The minimum Gasteiger partial charge on any atom is -0.462 e. The quantitative estimate of drug-likeness (QED) is 0.299. The number of hydrogen-bond donors (Lipinski definition) is 2. The van der Waals surface area contributed by atoms with E-state index in [4.69, 9.17) is 4.74 Å². The molecule has 1 saturated carbocycles. The normalized spacial score (nSPS) is 21.8. The van der Waals surface area contributed by atoms with Crippen LogP contribution in [0.3, 0.4) is 0 Å². The van der Waals surface area contributed by atoms with Crippen LogP contribution in [-0.4, -0.2) is 60.1 Å². The van der Waals surface area contributed by atoms with Crippen molar-refractivity contribution in [3.63, 3.8) is 0 Å². The Hall–Kier alpha value is -3.59. The largest absolute Gasteiger partial charge is 0.462 e. The van der Waals surface area contributed by atoms with Crippen molar-refractivity contribution in [3.05, 3.63) is 59.7 Å². The van der Waals surface area contributed by atoms with Gasteiger partial charge in [0, 0.05) is 30.1 Å². The summed E-state index contributed by atoms with van der Waals surface area (Å²) < 4.78 is 34.8. The number of likely N-dealkylation sites (tertiary alicyclic amines) is 1. The predicted molar refractivity (Wildman–Crippen MR) is 147 cm³/mol. The number of hydrogen-bond acceptors (Lipinski definition) is 6. The number of nitrogens with one attached hydrogen (secondary N) is 2. The summed E-state index contributed by atoms with van der Waals surface area (Å²) in [7, 11) is 2.08. The van der Waals surface area contributed by atoms with Gasteiger partial charge < -0.3 is 20.3 Å². The van der Waals surface area contributed by atoms with Gasteiger partial charge in [0.1, 0.15) is 18.2 Å². The maximum absolute atomic E-state index is 15.7. The monoisotopic (exact) mass is 533 g/mol. The molecular formula is C30H33F2N5O2. The van der Waals surface area contributed by atoms with E-state index >= 15 is 4.39 Å². The minimum absolute atomic E-state index is 0.135. The smallest absolute Gasteiger partial charge is 0.318 e. The van der Waals surface area contributed by atoms with Gasteiger partial charge in [0.25, 0.3) is 5.91 Å². The average Bonchev–Trinajstić information content (AvgIpc) is 3.43. The fourth-order valence-electron chi connectivity index (χ4n) is 6.29. The number of fused-ring (bicyclic) bond motifs is 4. The lowest BCUT2D eigenvalue weighted by Crippen LogP contribution is -2.31. The van der Waals surface area contributed by atoms with Crippen LogP contribution in [0.1, 0.15) is 42.7 Å². The number of benzene rings is 2. The molecule has 1 aromatic heterocycles. The van der Waals surface area contributed by atoms with Gasteiger partial charge in [-0.25, -0.2) is 8.78 Å². The van der Waals surface area contributed by atoms with E-state index in [1.54, 1.807) is 6.07 Å². The lowest BCUT2D eigenvalue weighted by Gasteiger charge is -2.31. The topological polar surface area (TPSA) is 79.4 Å². The van der Waals surface area contributed by atoms with E-state index in [0.717, 1.165) is 37.8 Å². The molecular weight excluding hydrogens is 500 g/mol. The number of amides is 1. The van der Waals surface area contributed by atoms with E-state index < -0.39 is 11.7 Å². The van der Waals surface area contributed by atoms with Crippen LogP contribution in [0.25, 0.3) is 22.0 Å². The molecule has 204 valence electrons. The maximum Gasteiger partial charge on any atom is 0.318 e. The Kier molecular flexibility index (Phi) is 6.93. The SMILES string of the molecule is C=C(F)C(=O)NCCNc1nc(OC[C@@H]2CCCN2C)nc2cc(-c3cccc4c3C3CCC3C4)c(F)cc12. The van der Waals surface area contributed by atoms with Crippen molar-refractivity contribution in [1.82, 2.24) is 20.2 Å². The van der Waals surface area contributed by atoms with E-state index in [9.17, 15) is 9.18 Å². The van der Waals surface area contributed by atoms with Crippen LogP contribution in [-0.2, 0) is 11.2 Å². The molecule has 1 aliphatic heterocycles. The first-order valence-electron chi connectivity index (χ1n) is 13.7. The summed E-state index contributed by atoms with van der Waals surface area (Å²) in [5, 5.41) is 6.08. The second-order valence-electron chi connectivity index (χ2n) is 10.9. The maximum atomic E-state index is 15.7. The third-order valence-corrected chi connectivity index (χ3v) is 8.55. The fraction of sp³-hybridized carbons (Fsp3) is 0.433. The summed E-state index contributed by atoms with van der Waals surface area (Å²) in [6.07, 6.45) is 5.63. The first-order chi connectivity index (χ1) is 18.9. The molecule has 3 atom stereocenters. The number of likely N-dealkylation sites (N-methyl/N-ethyl adjacent to an activating group) is 1. The summed E-state index contributed by atoms with van der Waals surface area (Å²) >= 11 is 0. The molecule has 2 aliphatic carbocycles. The van der Waals surface area contributed by atoms with E-state index in [2.05, 4.69) is 45.2 Å². The Morgan fingerprint density at radius 2 is 2.05 bits per heavy atom. The summed E-state index contributed by atoms with van der Waals surface area (Å²) in [4.78, 5) is 23.0. The molecule has 1 saturated heterocycles. The van der Waals surface area contributed by atoms with Gasteiger partial charge in [-0.2, -0.15) is 9.97 Å². The lowest BCUT2D eigenvalue weighted by molar-refractivity contribution is -0.118. The first kappa shape index (κ1) is 25.7. The van der Waals surface area contributed by atoms with Gasteiger partial charge >= 0.3 is 6.01 Å². The zero-order valence-corrected chi connectivity index (χ0v) is 22.1. The number of aromatic nitrogens is 2. The fourth-order valence-corrected chi connectivity index (χ4v) is 6.29. The number of rotatable bonds is 9. The predicted octanol–water partition coefficient (Wildman–Crippen LogP) is 4.97. The molecule has 6 rings (SSSR count). The Labute approximate surface area is 226 Å². The average molecular weight is 534 g/mol. The molecule has 2 heterocycles. The molecule has 2 N–H and O–H groups in total. The summed E-state index contributed by atoms with van der Waals surface area (Å²) in [6, 6.07) is 9.96. The van der Waals surface area contributed by atoms with Crippen molar-refractivity contribution in [1.29, 1.82) is 0 Å². The van der Waals surface area contributed by atoms with E-state index in [0.29, 0.717) is 40.7 Å². The van der Waals surface area contributed by atoms with Gasteiger partial charge in [-0.05, 0) is 86.4 Å². The Balaban J connectivity index is 1.33. The van der Waals surface area contributed by atoms with Crippen LogP contribution < -0.4 is 15.4 Å². The number of carbonyl (C=O) groups is 1. The van der Waals surface area contributed by atoms with Gasteiger partial charge in [-0.15, -0.1) is 0 Å². The first-order valence-corrected chi connectivity index (χ1v) is 13.7. The summed E-state index contributed by atoms with van der Waals surface area (Å²) in [5.74, 6) is -0.683. The second kappa shape index (κ2) is 10.5. The molecule has 39 heavy (non-hydrogen) atoms. The molecule has 2 aromatic carbocycles. The van der Waals surface area contributed by atoms with Gasteiger partial charge in [-0.3, -0.25) is 4.79 Å². The van der Waals surface area contributed by atoms with Crippen LogP contribution in [0.2, 0.25) is 0 Å². The number of ether oxygens (including phenoxy) is 1. The van der Waals surface area contributed by atoms with Crippen molar-refractivity contribution < 1.29 is 18.3 Å². The Morgan fingerprint density at radius 1 is 1.18 bits per heavy atom. The molecule has 7 nitrogen and oxygen atoms in total. The molecule has 3 aromatic rings. The van der Waals surface area contributed by atoms with Crippen LogP contribution in [0, 0.1) is 11.7 Å². The summed E-state index contributed by atoms with van der Waals surface area (Å²) in [6.45, 7) is 4.87. The Morgan fingerprint density at radius 3 is 2.79 bits per heavy atom. The highest BCUT2D eigenvalue weighted by Gasteiger charge is 2.40. The van der Waals surface area contributed by atoms with Crippen molar-refractivity contribution in [2.75, 3.05) is 38.6 Å². The molecule has 2 unspecified atom stereocenters. The van der Waals surface area contributed by atoms with Crippen LogP contribution in [0.5, 0.6) is 6.01 Å². The van der Waals surface area contributed by atoms with Gasteiger partial charge in [-0.1, -0.05) is 24.8 Å². The molecule has 1 amide bonds. The zero-order chi connectivity index (χ0) is 27.1. The van der Waals surface area contributed by atoms with Gasteiger partial charge in [0.05, 0.1) is 5.52 Å². The molecule has 2 fully saturated rings. The van der Waals surface area contributed by atoms with Crippen molar-refractivity contribution in [3.8, 4) is 17.1 Å². The van der Waals surface area contributed by atoms with E-state index in [1.807, 2.05) is 12.1 Å². The van der Waals surface area contributed by atoms with Gasteiger partial charge in [0.15, 0.2) is 5.83 Å². The van der Waals surface area contributed by atoms with Crippen molar-refractivity contribution in [2.24, 2.45) is 5.92 Å². The number of nitrogens with zero attached hydrogens (tertiary/aromatic N) is 3. The second-order valence-corrected chi connectivity index (χ2v) is 10.9.